The molecule has 0 unspecified atom stereocenters. The lowest BCUT2D eigenvalue weighted by Crippen LogP contribution is -2.44. The minimum absolute atomic E-state index is 0.106. The molecule has 0 radical (unpaired) electrons. The van der Waals surface area contributed by atoms with E-state index < -0.39 is 5.91 Å². The van der Waals surface area contributed by atoms with Crippen LogP contribution in [0.25, 0.3) is 6.08 Å². The highest BCUT2D eigenvalue weighted by molar-refractivity contribution is 5.95. The summed E-state index contributed by atoms with van der Waals surface area (Å²) in [5.41, 5.74) is 7.48. The van der Waals surface area contributed by atoms with E-state index in [1.54, 1.807) is 30.3 Å². The predicted molar refractivity (Wildman–Crippen MR) is 140 cm³/mol. The van der Waals surface area contributed by atoms with Gasteiger partial charge in [0.2, 0.25) is 5.91 Å². The summed E-state index contributed by atoms with van der Waals surface area (Å²) in [6.07, 6.45) is 3.37. The molecule has 8 nitrogen and oxygen atoms in total. The van der Waals surface area contributed by atoms with E-state index in [0.717, 1.165) is 33.7 Å². The van der Waals surface area contributed by atoms with Crippen LogP contribution in [0.3, 0.4) is 0 Å². The van der Waals surface area contributed by atoms with Crippen molar-refractivity contribution in [2.75, 3.05) is 24.3 Å². The molecule has 36 heavy (non-hydrogen) atoms. The number of hydroxylamine groups is 1. The zero-order chi connectivity index (χ0) is 25.5. The molecular formula is C28H30N4O4. The molecule has 0 spiro atoms. The topological polar surface area (TPSA) is 103 Å². The molecule has 0 bridgehead atoms. The molecule has 3 aromatic rings. The van der Waals surface area contributed by atoms with Crippen LogP contribution < -0.4 is 25.8 Å². The Hall–Kier alpha value is -4.14. The van der Waals surface area contributed by atoms with Crippen LogP contribution >= 0.6 is 0 Å². The maximum absolute atomic E-state index is 12.8. The highest BCUT2D eigenvalue weighted by Gasteiger charge is 2.24. The summed E-state index contributed by atoms with van der Waals surface area (Å²) in [6.45, 7) is 1.08. The number of carbonyl (C=O) groups excluding carboxylic acids is 2. The quantitative estimate of drug-likeness (QED) is 0.221. The molecule has 0 saturated heterocycles. The van der Waals surface area contributed by atoms with Crippen LogP contribution in [-0.2, 0) is 29.2 Å². The SMILES string of the molecule is CN(C)c1ccc(COc2ccc3c(c2)CN[C@H](C(=O)Nc2ccc(/C=C/C(=O)NO)cc2)C3)cc1. The summed E-state index contributed by atoms with van der Waals surface area (Å²) in [4.78, 5) is 26.0. The number of anilines is 2. The van der Waals surface area contributed by atoms with Gasteiger partial charge in [-0.15, -0.1) is 0 Å². The van der Waals surface area contributed by atoms with E-state index in [1.165, 1.54) is 11.6 Å². The Balaban J connectivity index is 1.30. The van der Waals surface area contributed by atoms with E-state index in [2.05, 4.69) is 39.8 Å². The summed E-state index contributed by atoms with van der Waals surface area (Å²) < 4.78 is 6.00. The Morgan fingerprint density at radius 1 is 1.06 bits per heavy atom. The fourth-order valence-electron chi connectivity index (χ4n) is 3.94. The van der Waals surface area contributed by atoms with E-state index in [9.17, 15) is 9.59 Å². The van der Waals surface area contributed by atoms with Crippen molar-refractivity contribution in [2.45, 2.75) is 25.6 Å². The van der Waals surface area contributed by atoms with E-state index in [0.29, 0.717) is 25.3 Å². The van der Waals surface area contributed by atoms with Crippen LogP contribution in [0.1, 0.15) is 22.3 Å². The lowest BCUT2D eigenvalue weighted by atomic mass is 9.95. The standard InChI is InChI=1S/C28H30N4O4/c1-32(2)24-11-5-20(6-12-24)18-36-25-13-8-21-16-26(29-17-22(21)15-25)28(34)30-23-9-3-19(4-10-23)7-14-27(33)31-35/h3-15,26,29,35H,16-18H2,1-2H3,(H,30,34)(H,31,33)/b14-7+/t26-/m0/s1. The summed E-state index contributed by atoms with van der Waals surface area (Å²) >= 11 is 0. The number of nitrogens with zero attached hydrogens (tertiary/aromatic N) is 1. The third kappa shape index (κ3) is 6.50. The largest absolute Gasteiger partial charge is 0.489 e. The number of hydrogen-bond acceptors (Lipinski definition) is 6. The van der Waals surface area contributed by atoms with Crippen molar-refractivity contribution in [3.05, 3.63) is 95.1 Å². The molecule has 0 saturated carbocycles. The molecule has 0 fully saturated rings. The lowest BCUT2D eigenvalue weighted by molar-refractivity contribution is -0.124. The van der Waals surface area contributed by atoms with Crippen molar-refractivity contribution in [1.29, 1.82) is 0 Å². The average Bonchev–Trinajstić information content (AvgIpc) is 2.91. The number of carbonyl (C=O) groups is 2. The molecule has 8 heteroatoms. The van der Waals surface area contributed by atoms with Gasteiger partial charge < -0.3 is 20.3 Å². The highest BCUT2D eigenvalue weighted by atomic mass is 16.5. The van der Waals surface area contributed by atoms with E-state index in [1.807, 2.05) is 32.3 Å². The van der Waals surface area contributed by atoms with Gasteiger partial charge in [-0.25, -0.2) is 5.48 Å². The molecule has 2 amide bonds. The first-order valence-corrected chi connectivity index (χ1v) is 11.7. The molecule has 1 atom stereocenters. The minimum atomic E-state index is -0.607. The Bertz CT molecular complexity index is 1240. The smallest absolute Gasteiger partial charge is 0.267 e. The molecule has 0 aliphatic carbocycles. The third-order valence-corrected chi connectivity index (χ3v) is 6.03. The Morgan fingerprint density at radius 3 is 2.50 bits per heavy atom. The van der Waals surface area contributed by atoms with Gasteiger partial charge in [0, 0.05) is 38.1 Å². The highest BCUT2D eigenvalue weighted by Crippen LogP contribution is 2.24. The van der Waals surface area contributed by atoms with Crippen LogP contribution in [0.15, 0.2) is 72.8 Å². The normalized spacial score (nSPS) is 14.7. The van der Waals surface area contributed by atoms with Gasteiger partial charge in [0.1, 0.15) is 12.4 Å². The number of nitrogens with one attached hydrogen (secondary N) is 3. The fourth-order valence-corrected chi connectivity index (χ4v) is 3.94. The van der Waals surface area contributed by atoms with Gasteiger partial charge >= 0.3 is 0 Å². The maximum atomic E-state index is 12.8. The van der Waals surface area contributed by atoms with Crippen molar-refractivity contribution in [3.8, 4) is 5.75 Å². The first-order valence-electron chi connectivity index (χ1n) is 11.7. The lowest BCUT2D eigenvalue weighted by Gasteiger charge is -2.26. The number of amides is 2. The van der Waals surface area contributed by atoms with E-state index >= 15 is 0 Å². The van der Waals surface area contributed by atoms with Crippen LogP contribution in [0.5, 0.6) is 5.75 Å². The number of rotatable bonds is 8. The molecule has 0 aromatic heterocycles. The molecule has 1 heterocycles. The molecule has 186 valence electrons. The predicted octanol–water partition coefficient (Wildman–Crippen LogP) is 3.50. The van der Waals surface area contributed by atoms with Gasteiger partial charge in [-0.3, -0.25) is 14.8 Å². The second-order valence-electron chi connectivity index (χ2n) is 8.84. The maximum Gasteiger partial charge on any atom is 0.267 e. The van der Waals surface area contributed by atoms with Crippen molar-refractivity contribution >= 4 is 29.3 Å². The molecule has 1 aliphatic heterocycles. The zero-order valence-corrected chi connectivity index (χ0v) is 20.3. The molecular weight excluding hydrogens is 456 g/mol. The van der Waals surface area contributed by atoms with Crippen LogP contribution in [0.4, 0.5) is 11.4 Å². The average molecular weight is 487 g/mol. The second kappa shape index (κ2) is 11.5. The van der Waals surface area contributed by atoms with Crippen LogP contribution in [-0.4, -0.2) is 37.2 Å². The van der Waals surface area contributed by atoms with Crippen molar-refractivity contribution in [1.82, 2.24) is 10.8 Å². The third-order valence-electron chi connectivity index (χ3n) is 6.03. The van der Waals surface area contributed by atoms with Gasteiger partial charge in [0.25, 0.3) is 5.91 Å². The van der Waals surface area contributed by atoms with Crippen LogP contribution in [0.2, 0.25) is 0 Å². The van der Waals surface area contributed by atoms with Crippen molar-refractivity contribution in [2.24, 2.45) is 0 Å². The first-order chi connectivity index (χ1) is 17.4. The summed E-state index contributed by atoms with van der Waals surface area (Å²) in [5.74, 6) is 0.0930. The number of ether oxygens (including phenoxy) is 1. The van der Waals surface area contributed by atoms with Crippen molar-refractivity contribution < 1.29 is 19.5 Å². The summed E-state index contributed by atoms with van der Waals surface area (Å²) in [5, 5.41) is 14.8. The molecule has 1 aliphatic rings. The van der Waals surface area contributed by atoms with Gasteiger partial charge in [-0.2, -0.15) is 0 Å². The van der Waals surface area contributed by atoms with Crippen molar-refractivity contribution in [3.63, 3.8) is 0 Å². The Labute approximate surface area is 210 Å². The van der Waals surface area contributed by atoms with Gasteiger partial charge in [0.15, 0.2) is 0 Å². The zero-order valence-electron chi connectivity index (χ0n) is 20.3. The minimum Gasteiger partial charge on any atom is -0.489 e. The van der Waals surface area contributed by atoms with Gasteiger partial charge in [-0.05, 0) is 71.1 Å². The Kier molecular flexibility index (Phi) is 7.99. The first kappa shape index (κ1) is 25.0. The van der Waals surface area contributed by atoms with Gasteiger partial charge in [-0.1, -0.05) is 30.3 Å². The molecule has 3 aromatic carbocycles. The fraction of sp³-hybridized carbons (Fsp3) is 0.214. The van der Waals surface area contributed by atoms with E-state index in [4.69, 9.17) is 9.94 Å². The number of benzene rings is 3. The monoisotopic (exact) mass is 486 g/mol. The summed E-state index contributed by atoms with van der Waals surface area (Å²) in [6, 6.07) is 21.1. The molecule has 4 N–H and O–H groups in total. The second-order valence-corrected chi connectivity index (χ2v) is 8.84. The van der Waals surface area contributed by atoms with Gasteiger partial charge in [0.05, 0.1) is 6.04 Å². The van der Waals surface area contributed by atoms with E-state index in [-0.39, 0.29) is 11.9 Å². The van der Waals surface area contributed by atoms with Crippen LogP contribution in [0, 0.1) is 0 Å². The molecule has 4 rings (SSSR count). The number of fused-ring (bicyclic) bond motifs is 1. The Morgan fingerprint density at radius 2 is 1.81 bits per heavy atom. The number of hydrogen-bond donors (Lipinski definition) is 4. The summed E-state index contributed by atoms with van der Waals surface area (Å²) in [7, 11) is 4.03.